The van der Waals surface area contributed by atoms with Gasteiger partial charge in [0, 0.05) is 31.2 Å². The van der Waals surface area contributed by atoms with Crippen LogP contribution >= 0.6 is 0 Å². The summed E-state index contributed by atoms with van der Waals surface area (Å²) in [6.07, 6.45) is 3.67. The van der Waals surface area contributed by atoms with Crippen LogP contribution in [0.2, 0.25) is 0 Å². The van der Waals surface area contributed by atoms with Crippen LogP contribution in [0.25, 0.3) is 0 Å². The van der Waals surface area contributed by atoms with Gasteiger partial charge in [0.25, 0.3) is 0 Å². The van der Waals surface area contributed by atoms with E-state index in [9.17, 15) is 8.78 Å². The van der Waals surface area contributed by atoms with Crippen molar-refractivity contribution in [1.29, 1.82) is 0 Å². The maximum atomic E-state index is 13.9. The SMILES string of the molecule is CC1CN2CCCCC2CN1c1cc(F)ccc1F. The molecule has 4 heteroatoms. The Labute approximate surface area is 113 Å². The Balaban J connectivity index is 1.85. The molecule has 0 aromatic heterocycles. The van der Waals surface area contributed by atoms with Crippen LogP contribution in [0.3, 0.4) is 0 Å². The average Bonchev–Trinajstić information content (AvgIpc) is 2.41. The first-order chi connectivity index (χ1) is 9.15. The lowest BCUT2D eigenvalue weighted by molar-refractivity contribution is 0.115. The first kappa shape index (κ1) is 12.9. The highest BCUT2D eigenvalue weighted by Gasteiger charge is 2.33. The van der Waals surface area contributed by atoms with E-state index in [1.54, 1.807) is 0 Å². The molecule has 0 aliphatic carbocycles. The second kappa shape index (κ2) is 5.08. The highest BCUT2D eigenvalue weighted by molar-refractivity contribution is 5.49. The molecular formula is C15H20F2N2. The minimum atomic E-state index is -0.366. The number of anilines is 1. The monoisotopic (exact) mass is 266 g/mol. The molecule has 2 fully saturated rings. The number of piperidine rings is 1. The summed E-state index contributed by atoms with van der Waals surface area (Å²) in [6, 6.07) is 4.45. The zero-order valence-electron chi connectivity index (χ0n) is 11.3. The van der Waals surface area contributed by atoms with E-state index in [0.29, 0.717) is 11.7 Å². The highest BCUT2D eigenvalue weighted by Crippen LogP contribution is 2.30. The first-order valence-electron chi connectivity index (χ1n) is 7.11. The third-order valence-corrected chi connectivity index (χ3v) is 4.40. The lowest BCUT2D eigenvalue weighted by Crippen LogP contribution is -2.59. The third-order valence-electron chi connectivity index (χ3n) is 4.40. The molecule has 2 aliphatic rings. The Kier molecular flexibility index (Phi) is 3.44. The Morgan fingerprint density at radius 2 is 2.00 bits per heavy atom. The number of fused-ring (bicyclic) bond motifs is 1. The lowest BCUT2D eigenvalue weighted by atomic mass is 9.96. The van der Waals surface area contributed by atoms with Gasteiger partial charge in [-0.05, 0) is 38.4 Å². The summed E-state index contributed by atoms with van der Waals surface area (Å²) in [4.78, 5) is 4.53. The van der Waals surface area contributed by atoms with Crippen molar-refractivity contribution in [1.82, 2.24) is 4.90 Å². The summed E-state index contributed by atoms with van der Waals surface area (Å²) in [5.74, 6) is -0.688. The minimum Gasteiger partial charge on any atom is -0.364 e. The van der Waals surface area contributed by atoms with Crippen molar-refractivity contribution in [3.63, 3.8) is 0 Å². The Morgan fingerprint density at radius 3 is 2.84 bits per heavy atom. The minimum absolute atomic E-state index is 0.227. The van der Waals surface area contributed by atoms with Gasteiger partial charge in [0.05, 0.1) is 5.69 Å². The number of piperazine rings is 1. The second-order valence-electron chi connectivity index (χ2n) is 5.74. The molecule has 0 bridgehead atoms. The van der Waals surface area contributed by atoms with E-state index in [1.165, 1.54) is 37.5 Å². The third kappa shape index (κ3) is 2.46. The van der Waals surface area contributed by atoms with Gasteiger partial charge in [-0.1, -0.05) is 6.42 Å². The first-order valence-corrected chi connectivity index (χ1v) is 7.11. The van der Waals surface area contributed by atoms with Crippen LogP contribution in [0, 0.1) is 11.6 Å². The van der Waals surface area contributed by atoms with Gasteiger partial charge in [-0.15, -0.1) is 0 Å². The lowest BCUT2D eigenvalue weighted by Gasteiger charge is -2.48. The van der Waals surface area contributed by atoms with Gasteiger partial charge in [-0.2, -0.15) is 0 Å². The number of halogens is 2. The van der Waals surface area contributed by atoms with E-state index in [1.807, 2.05) is 4.90 Å². The smallest absolute Gasteiger partial charge is 0.146 e. The van der Waals surface area contributed by atoms with Gasteiger partial charge >= 0.3 is 0 Å². The molecule has 0 amide bonds. The average molecular weight is 266 g/mol. The molecule has 104 valence electrons. The van der Waals surface area contributed by atoms with E-state index in [0.717, 1.165) is 19.6 Å². The molecular weight excluding hydrogens is 246 g/mol. The molecule has 2 atom stereocenters. The van der Waals surface area contributed by atoms with Crippen molar-refractivity contribution in [3.05, 3.63) is 29.8 Å². The van der Waals surface area contributed by atoms with Crippen molar-refractivity contribution in [2.45, 2.75) is 38.3 Å². The van der Waals surface area contributed by atoms with Gasteiger partial charge in [0.15, 0.2) is 0 Å². The van der Waals surface area contributed by atoms with Gasteiger partial charge < -0.3 is 4.90 Å². The molecule has 0 radical (unpaired) electrons. The molecule has 3 rings (SSSR count). The Morgan fingerprint density at radius 1 is 1.16 bits per heavy atom. The Bertz CT molecular complexity index is 463. The van der Waals surface area contributed by atoms with Crippen LogP contribution in [0.1, 0.15) is 26.2 Å². The number of benzene rings is 1. The van der Waals surface area contributed by atoms with E-state index in [4.69, 9.17) is 0 Å². The summed E-state index contributed by atoms with van der Waals surface area (Å²) in [5.41, 5.74) is 0.415. The molecule has 2 nitrogen and oxygen atoms in total. The molecule has 2 aliphatic heterocycles. The molecule has 0 N–H and O–H groups in total. The zero-order valence-corrected chi connectivity index (χ0v) is 11.3. The van der Waals surface area contributed by atoms with Crippen LogP contribution < -0.4 is 4.90 Å². The van der Waals surface area contributed by atoms with Crippen LogP contribution in [0.15, 0.2) is 18.2 Å². The standard InChI is InChI=1S/C15H20F2N2/c1-11-9-18-7-3-2-4-13(18)10-19(11)15-8-12(16)5-6-14(15)17/h5-6,8,11,13H,2-4,7,9-10H2,1H3. The predicted octanol–water partition coefficient (Wildman–Crippen LogP) is 3.03. The van der Waals surface area contributed by atoms with Crippen LogP contribution in [-0.4, -0.2) is 36.6 Å². The molecule has 2 heterocycles. The quantitative estimate of drug-likeness (QED) is 0.771. The molecule has 1 aromatic rings. The number of nitrogens with zero attached hydrogens (tertiary/aromatic N) is 2. The van der Waals surface area contributed by atoms with E-state index in [-0.39, 0.29) is 17.7 Å². The topological polar surface area (TPSA) is 6.48 Å². The van der Waals surface area contributed by atoms with Gasteiger partial charge in [0.2, 0.25) is 0 Å². The molecule has 0 spiro atoms. The predicted molar refractivity (Wildman–Crippen MR) is 72.4 cm³/mol. The van der Waals surface area contributed by atoms with Crippen molar-refractivity contribution < 1.29 is 8.78 Å². The Hall–Kier alpha value is -1.16. The number of hydrogen-bond acceptors (Lipinski definition) is 2. The van der Waals surface area contributed by atoms with Crippen molar-refractivity contribution in [2.75, 3.05) is 24.5 Å². The summed E-state index contributed by atoms with van der Waals surface area (Å²) < 4.78 is 27.3. The van der Waals surface area contributed by atoms with Crippen molar-refractivity contribution in [2.24, 2.45) is 0 Å². The van der Waals surface area contributed by atoms with Crippen molar-refractivity contribution in [3.8, 4) is 0 Å². The maximum absolute atomic E-state index is 13.9. The van der Waals surface area contributed by atoms with Crippen LogP contribution in [0.5, 0.6) is 0 Å². The van der Waals surface area contributed by atoms with E-state index in [2.05, 4.69) is 11.8 Å². The van der Waals surface area contributed by atoms with E-state index >= 15 is 0 Å². The van der Waals surface area contributed by atoms with Gasteiger partial charge in [-0.25, -0.2) is 8.78 Å². The normalized spacial score (nSPS) is 28.3. The van der Waals surface area contributed by atoms with Gasteiger partial charge in [-0.3, -0.25) is 4.90 Å². The molecule has 1 aromatic carbocycles. The molecule has 0 saturated carbocycles. The van der Waals surface area contributed by atoms with Crippen LogP contribution in [0.4, 0.5) is 14.5 Å². The molecule has 19 heavy (non-hydrogen) atoms. The fourth-order valence-electron chi connectivity index (χ4n) is 3.39. The molecule has 2 saturated heterocycles. The largest absolute Gasteiger partial charge is 0.364 e. The van der Waals surface area contributed by atoms with Gasteiger partial charge in [0.1, 0.15) is 11.6 Å². The second-order valence-corrected chi connectivity index (χ2v) is 5.74. The van der Waals surface area contributed by atoms with Crippen LogP contribution in [-0.2, 0) is 0 Å². The fraction of sp³-hybridized carbons (Fsp3) is 0.600. The zero-order chi connectivity index (χ0) is 13.4. The summed E-state index contributed by atoms with van der Waals surface area (Å²) in [7, 11) is 0. The number of hydrogen-bond donors (Lipinski definition) is 0. The molecule has 2 unspecified atom stereocenters. The summed E-state index contributed by atoms with van der Waals surface area (Å²) in [6.45, 7) is 4.99. The maximum Gasteiger partial charge on any atom is 0.146 e. The highest BCUT2D eigenvalue weighted by atomic mass is 19.1. The number of rotatable bonds is 1. The van der Waals surface area contributed by atoms with Crippen molar-refractivity contribution >= 4 is 5.69 Å². The summed E-state index contributed by atoms with van der Waals surface area (Å²) >= 11 is 0. The van der Waals surface area contributed by atoms with E-state index < -0.39 is 0 Å². The fourth-order valence-corrected chi connectivity index (χ4v) is 3.39. The summed E-state index contributed by atoms with van der Waals surface area (Å²) in [5, 5.41) is 0.